The monoisotopic (exact) mass is 672 g/mol. The van der Waals surface area contributed by atoms with Gasteiger partial charge in [0, 0.05) is 37.8 Å². The van der Waals surface area contributed by atoms with Gasteiger partial charge in [-0.25, -0.2) is 17.8 Å². The van der Waals surface area contributed by atoms with Crippen molar-refractivity contribution in [3.8, 4) is 11.1 Å². The van der Waals surface area contributed by atoms with E-state index >= 15 is 0 Å². The second-order valence-corrected chi connectivity index (χ2v) is 14.3. The Labute approximate surface area is 261 Å². The number of pyridine rings is 1. The Bertz CT molecular complexity index is 1780. The predicted molar refractivity (Wildman–Crippen MR) is 158 cm³/mol. The highest BCUT2D eigenvalue weighted by Gasteiger charge is 2.47. The molecule has 2 saturated heterocycles. The zero-order chi connectivity index (χ0) is 34.1. The van der Waals surface area contributed by atoms with E-state index in [0.29, 0.717) is 47.6 Å². The van der Waals surface area contributed by atoms with Crippen LogP contribution >= 0.6 is 0 Å². The van der Waals surface area contributed by atoms with E-state index in [1.54, 1.807) is 13.0 Å². The molecule has 0 aliphatic carbocycles. The summed E-state index contributed by atoms with van der Waals surface area (Å²) in [5, 5.41) is 0. The van der Waals surface area contributed by atoms with E-state index < -0.39 is 56.2 Å². The van der Waals surface area contributed by atoms with Crippen LogP contribution in [0.3, 0.4) is 0 Å². The van der Waals surface area contributed by atoms with Gasteiger partial charge >= 0.3 is 12.4 Å². The molecule has 0 N–H and O–H groups in total. The summed E-state index contributed by atoms with van der Waals surface area (Å²) in [5.41, 5.74) is -3.83. The Kier molecular flexibility index (Phi) is 8.20. The number of sulfonamides is 1. The van der Waals surface area contributed by atoms with Crippen molar-refractivity contribution in [3.05, 3.63) is 76.7 Å². The minimum Gasteiger partial charge on any atom is -0.351 e. The lowest BCUT2D eigenvalue weighted by Gasteiger charge is -2.35. The molecule has 2 aromatic carbocycles. The molecule has 5 rings (SSSR count). The lowest BCUT2D eigenvalue weighted by atomic mass is 9.81. The Hall–Kier alpha value is -3.72. The maximum absolute atomic E-state index is 14.1. The second-order valence-electron chi connectivity index (χ2n) is 12.3. The summed E-state index contributed by atoms with van der Waals surface area (Å²) in [6.07, 6.45) is -7.08. The fourth-order valence-corrected chi connectivity index (χ4v) is 7.43. The Balaban J connectivity index is 1.57. The first-order valence-corrected chi connectivity index (χ1v) is 16.0. The number of likely N-dealkylation sites (N-methyl/N-ethyl adjacent to an activating group) is 1. The van der Waals surface area contributed by atoms with Crippen LogP contribution in [0.25, 0.3) is 11.1 Å². The van der Waals surface area contributed by atoms with Crippen LogP contribution in [0.1, 0.15) is 42.5 Å². The van der Waals surface area contributed by atoms with Crippen molar-refractivity contribution >= 4 is 27.4 Å². The molecule has 0 radical (unpaired) electrons. The van der Waals surface area contributed by atoms with Crippen LogP contribution < -0.4 is 9.80 Å². The van der Waals surface area contributed by atoms with E-state index in [1.165, 1.54) is 49.6 Å². The zero-order valence-corrected chi connectivity index (χ0v) is 26.3. The van der Waals surface area contributed by atoms with Gasteiger partial charge in [-0.2, -0.15) is 30.6 Å². The highest BCUT2D eigenvalue weighted by molar-refractivity contribution is 7.88. The fraction of sp³-hybridized carbons (Fsp3) is 0.419. The first-order valence-electron chi connectivity index (χ1n) is 14.2. The van der Waals surface area contributed by atoms with Gasteiger partial charge in [-0.1, -0.05) is 6.07 Å². The van der Waals surface area contributed by atoms with Gasteiger partial charge in [0.25, 0.3) is 0 Å². The smallest absolute Gasteiger partial charge is 0.351 e. The summed E-state index contributed by atoms with van der Waals surface area (Å²) in [5.74, 6) is -0.860. The number of alkyl halides is 6. The summed E-state index contributed by atoms with van der Waals surface area (Å²) < 4.78 is 122. The van der Waals surface area contributed by atoms with Crippen molar-refractivity contribution in [2.45, 2.75) is 57.0 Å². The number of fused-ring (bicyclic) bond motifs is 2. The maximum Gasteiger partial charge on any atom is 0.416 e. The molecule has 0 unspecified atom stereocenters. The van der Waals surface area contributed by atoms with Gasteiger partial charge in [-0.15, -0.1) is 0 Å². The van der Waals surface area contributed by atoms with E-state index in [1.807, 2.05) is 4.90 Å². The number of amides is 1. The van der Waals surface area contributed by atoms with Gasteiger partial charge in [0.05, 0.1) is 34.7 Å². The molecule has 2 fully saturated rings. The molecule has 2 bridgehead atoms. The summed E-state index contributed by atoms with van der Waals surface area (Å²) in [7, 11) is -2.07. The molecule has 0 saturated carbocycles. The predicted octanol–water partition coefficient (Wildman–Crippen LogP) is 6.40. The summed E-state index contributed by atoms with van der Waals surface area (Å²) in [6, 6.07) is 6.34. The molecule has 7 nitrogen and oxygen atoms in total. The average Bonchev–Trinajstić information content (AvgIpc) is 3.57. The van der Waals surface area contributed by atoms with Crippen LogP contribution in [0.15, 0.2) is 48.7 Å². The number of aromatic nitrogens is 1. The summed E-state index contributed by atoms with van der Waals surface area (Å²) in [6.45, 7) is 4.75. The largest absolute Gasteiger partial charge is 0.416 e. The van der Waals surface area contributed by atoms with Crippen molar-refractivity contribution in [3.63, 3.8) is 0 Å². The van der Waals surface area contributed by atoms with E-state index in [2.05, 4.69) is 4.98 Å². The van der Waals surface area contributed by atoms with E-state index in [4.69, 9.17) is 0 Å². The van der Waals surface area contributed by atoms with Gasteiger partial charge in [-0.05, 0) is 80.3 Å². The van der Waals surface area contributed by atoms with Crippen molar-refractivity contribution < 1.29 is 43.9 Å². The Morgan fingerprint density at radius 2 is 1.48 bits per heavy atom. The molecule has 15 heteroatoms. The molecule has 3 aromatic rings. The van der Waals surface area contributed by atoms with Crippen LogP contribution in [0.2, 0.25) is 0 Å². The standard InChI is InChI=1S/C31H31F7N4O3S/c1-17-8-21(32)6-7-24(17)25-13-27(41-15-23-12-22(41)16-42(23)46(5,44)45)39-14-26(25)40(4)28(43)29(2,3)18-9-19(30(33,34)35)11-20(10-18)31(36,37)38/h6-11,13-14,22-23H,12,15-16H2,1-5H3/t22-,23-/m0/s1. The van der Waals surface area contributed by atoms with Crippen molar-refractivity contribution in [2.24, 2.45) is 0 Å². The number of benzene rings is 2. The highest BCUT2D eigenvalue weighted by atomic mass is 32.2. The number of nitrogens with zero attached hydrogens (tertiary/aromatic N) is 4. The second kappa shape index (κ2) is 11.2. The van der Waals surface area contributed by atoms with Crippen LogP contribution in [0.5, 0.6) is 0 Å². The van der Waals surface area contributed by atoms with Crippen LogP contribution in [0.4, 0.5) is 42.2 Å². The molecule has 1 aromatic heterocycles. The van der Waals surface area contributed by atoms with Crippen LogP contribution in [0, 0.1) is 12.7 Å². The first-order chi connectivity index (χ1) is 21.1. The van der Waals surface area contributed by atoms with Gasteiger partial charge in [0.1, 0.15) is 11.6 Å². The first kappa shape index (κ1) is 33.6. The van der Waals surface area contributed by atoms with Gasteiger partial charge in [-0.3, -0.25) is 4.79 Å². The lowest BCUT2D eigenvalue weighted by Crippen LogP contribution is -2.48. The normalized spacial score (nSPS) is 19.2. The number of rotatable bonds is 6. The average molecular weight is 673 g/mol. The molecule has 0 spiro atoms. The van der Waals surface area contributed by atoms with Crippen molar-refractivity contribution in [1.29, 1.82) is 0 Å². The van der Waals surface area contributed by atoms with Crippen LogP contribution in [-0.2, 0) is 32.6 Å². The quantitative estimate of drug-likeness (QED) is 0.284. The SMILES string of the molecule is Cc1cc(F)ccc1-c1cc(N2C[C@@H]3C[C@H]2CN3S(C)(=O)=O)ncc1N(C)C(=O)C(C)(C)c1cc(C(F)(F)F)cc(C(F)(F)F)c1. The maximum atomic E-state index is 14.1. The van der Waals surface area contributed by atoms with Crippen LogP contribution in [-0.4, -0.2) is 62.1 Å². The molecule has 2 aliphatic rings. The molecular formula is C31H31F7N4O3S. The third-order valence-electron chi connectivity index (χ3n) is 8.77. The summed E-state index contributed by atoms with van der Waals surface area (Å²) in [4.78, 5) is 21.6. The molecule has 2 aliphatic heterocycles. The fourth-order valence-electron chi connectivity index (χ4n) is 6.29. The number of aryl methyl sites for hydroxylation is 1. The van der Waals surface area contributed by atoms with Gasteiger partial charge < -0.3 is 9.80 Å². The minimum atomic E-state index is -5.10. The van der Waals surface area contributed by atoms with E-state index in [0.717, 1.165) is 11.2 Å². The molecule has 2 atom stereocenters. The van der Waals surface area contributed by atoms with Gasteiger partial charge in [0.2, 0.25) is 15.9 Å². The van der Waals surface area contributed by atoms with Gasteiger partial charge in [0.15, 0.2) is 0 Å². The van der Waals surface area contributed by atoms with Crippen molar-refractivity contribution in [1.82, 2.24) is 9.29 Å². The topological polar surface area (TPSA) is 73.8 Å². The lowest BCUT2D eigenvalue weighted by molar-refractivity contribution is -0.143. The number of anilines is 2. The van der Waals surface area contributed by atoms with Crippen molar-refractivity contribution in [2.75, 3.05) is 36.2 Å². The highest BCUT2D eigenvalue weighted by Crippen LogP contribution is 2.42. The molecular weight excluding hydrogens is 641 g/mol. The third-order valence-corrected chi connectivity index (χ3v) is 10.1. The summed E-state index contributed by atoms with van der Waals surface area (Å²) >= 11 is 0. The molecule has 46 heavy (non-hydrogen) atoms. The number of carbonyl (C=O) groups is 1. The number of halogens is 7. The Morgan fingerprint density at radius 3 is 1.98 bits per heavy atom. The number of piperazine rings is 1. The molecule has 248 valence electrons. The number of carbonyl (C=O) groups excluding carboxylic acids is 1. The van der Waals surface area contributed by atoms with E-state index in [-0.39, 0.29) is 30.4 Å². The number of hydrogen-bond donors (Lipinski definition) is 0. The molecule has 3 heterocycles. The minimum absolute atomic E-state index is 0.00595. The number of hydrogen-bond acceptors (Lipinski definition) is 5. The van der Waals surface area contributed by atoms with E-state index in [9.17, 15) is 43.9 Å². The zero-order valence-electron chi connectivity index (χ0n) is 25.5. The molecule has 1 amide bonds. The third kappa shape index (κ3) is 6.18. The Morgan fingerprint density at radius 1 is 0.891 bits per heavy atom.